The van der Waals surface area contributed by atoms with Gasteiger partial charge in [0.2, 0.25) is 0 Å². The number of esters is 1. The maximum atomic E-state index is 12.1. The molecule has 0 radical (unpaired) electrons. The van der Waals surface area contributed by atoms with E-state index in [2.05, 4.69) is 10.1 Å². The molecule has 0 saturated carbocycles. The topological polar surface area (TPSA) is 94.8 Å². The van der Waals surface area contributed by atoms with Crippen molar-refractivity contribution in [3.8, 4) is 5.75 Å². The molecule has 138 valence electrons. The molecule has 0 spiro atoms. The third-order valence-electron chi connectivity index (χ3n) is 3.89. The molecule has 1 amide bonds. The Kier molecular flexibility index (Phi) is 5.21. The second-order valence-electron chi connectivity index (χ2n) is 5.81. The largest absolute Gasteiger partial charge is 0.484 e. The van der Waals surface area contributed by atoms with E-state index in [1.54, 1.807) is 49.4 Å². The molecule has 0 atom stereocenters. The molecule has 7 heteroatoms. The van der Waals surface area contributed by atoms with Crippen molar-refractivity contribution in [3.05, 3.63) is 70.1 Å². The highest BCUT2D eigenvalue weighted by atomic mass is 16.5. The molecule has 2 aromatic carbocycles. The molecule has 1 heterocycles. The summed E-state index contributed by atoms with van der Waals surface area (Å²) in [5.74, 6) is -0.398. The van der Waals surface area contributed by atoms with Crippen LogP contribution in [-0.2, 0) is 9.53 Å². The molecule has 0 saturated heterocycles. The Morgan fingerprint density at radius 2 is 1.85 bits per heavy atom. The zero-order valence-electron chi connectivity index (χ0n) is 14.8. The van der Waals surface area contributed by atoms with Crippen LogP contribution in [0.25, 0.3) is 11.0 Å². The van der Waals surface area contributed by atoms with Crippen molar-refractivity contribution in [3.63, 3.8) is 0 Å². The number of hydrogen-bond acceptors (Lipinski definition) is 6. The monoisotopic (exact) mass is 367 g/mol. The fraction of sp³-hybridized carbons (Fsp3) is 0.150. The first kappa shape index (κ1) is 18.2. The Hall–Kier alpha value is -3.61. The molecule has 0 fully saturated rings. The summed E-state index contributed by atoms with van der Waals surface area (Å²) in [6, 6.07) is 12.8. The molecule has 1 N–H and O–H groups in total. The lowest BCUT2D eigenvalue weighted by Gasteiger charge is -2.11. The summed E-state index contributed by atoms with van der Waals surface area (Å²) < 4.78 is 15.2. The molecular formula is C20H17NO6. The van der Waals surface area contributed by atoms with Crippen LogP contribution in [0.5, 0.6) is 5.75 Å². The van der Waals surface area contributed by atoms with Gasteiger partial charge in [0.05, 0.1) is 12.7 Å². The average molecular weight is 367 g/mol. The summed E-state index contributed by atoms with van der Waals surface area (Å²) in [6.07, 6.45) is 0. The first-order valence-electron chi connectivity index (χ1n) is 8.12. The second kappa shape index (κ2) is 7.74. The van der Waals surface area contributed by atoms with Gasteiger partial charge in [-0.25, -0.2) is 9.59 Å². The van der Waals surface area contributed by atoms with Crippen molar-refractivity contribution in [2.24, 2.45) is 0 Å². The highest BCUT2D eigenvalue weighted by Gasteiger charge is 2.10. The number of fused-ring (bicyclic) bond motifs is 1. The number of benzene rings is 2. The fourth-order valence-electron chi connectivity index (χ4n) is 2.51. The number of rotatable bonds is 5. The van der Waals surface area contributed by atoms with Gasteiger partial charge in [-0.3, -0.25) is 4.79 Å². The SMILES string of the molecule is COC(=O)c1ccc(NC(=O)COc2ccc3ccc(=O)oc3c2)c(C)c1. The van der Waals surface area contributed by atoms with Crippen molar-refractivity contribution < 1.29 is 23.5 Å². The van der Waals surface area contributed by atoms with Gasteiger partial charge in [-0.05, 0) is 48.9 Å². The standard InChI is InChI=1S/C20H17NO6/c1-12-9-14(20(24)25-2)4-7-16(12)21-18(22)11-26-15-6-3-13-5-8-19(23)27-17(13)10-15/h3-10H,11H2,1-2H3,(H,21,22). The van der Waals surface area contributed by atoms with Crippen LogP contribution in [0.4, 0.5) is 5.69 Å². The van der Waals surface area contributed by atoms with Gasteiger partial charge in [0, 0.05) is 23.2 Å². The molecule has 0 unspecified atom stereocenters. The Bertz CT molecular complexity index is 1070. The van der Waals surface area contributed by atoms with Crippen LogP contribution in [0.3, 0.4) is 0 Å². The molecule has 7 nitrogen and oxygen atoms in total. The highest BCUT2D eigenvalue weighted by molar-refractivity contribution is 5.94. The van der Waals surface area contributed by atoms with Crippen molar-refractivity contribution in [2.75, 3.05) is 19.0 Å². The molecule has 0 aliphatic heterocycles. The molecule has 3 aromatic rings. The first-order chi connectivity index (χ1) is 13.0. The number of carbonyl (C=O) groups is 2. The molecule has 27 heavy (non-hydrogen) atoms. The maximum absolute atomic E-state index is 12.1. The van der Waals surface area contributed by atoms with Gasteiger partial charge in [0.1, 0.15) is 11.3 Å². The second-order valence-corrected chi connectivity index (χ2v) is 5.81. The minimum absolute atomic E-state index is 0.221. The van der Waals surface area contributed by atoms with E-state index in [0.717, 1.165) is 10.9 Å². The number of carbonyl (C=O) groups excluding carboxylic acids is 2. The van der Waals surface area contributed by atoms with Gasteiger partial charge in [0.25, 0.3) is 5.91 Å². The molecule has 0 bridgehead atoms. The smallest absolute Gasteiger partial charge is 0.337 e. The number of aryl methyl sites for hydroxylation is 1. The third kappa shape index (κ3) is 4.33. The predicted molar refractivity (Wildman–Crippen MR) is 99.1 cm³/mol. The van der Waals surface area contributed by atoms with Crippen LogP contribution >= 0.6 is 0 Å². The van der Waals surface area contributed by atoms with E-state index in [1.807, 2.05) is 0 Å². The number of anilines is 1. The molecule has 1 aromatic heterocycles. The van der Waals surface area contributed by atoms with Crippen LogP contribution in [0, 0.1) is 6.92 Å². The van der Waals surface area contributed by atoms with Gasteiger partial charge >= 0.3 is 11.6 Å². The number of ether oxygens (including phenoxy) is 2. The zero-order valence-corrected chi connectivity index (χ0v) is 14.8. The van der Waals surface area contributed by atoms with Crippen molar-refractivity contribution in [1.82, 2.24) is 0 Å². The predicted octanol–water partition coefficient (Wildman–Crippen LogP) is 2.91. The summed E-state index contributed by atoms with van der Waals surface area (Å²) in [6.45, 7) is 1.55. The van der Waals surface area contributed by atoms with Crippen LogP contribution in [0.1, 0.15) is 15.9 Å². The van der Waals surface area contributed by atoms with Crippen LogP contribution in [0.15, 0.2) is 57.7 Å². The number of nitrogens with one attached hydrogen (secondary N) is 1. The molecule has 0 aliphatic carbocycles. The Balaban J connectivity index is 1.64. The van der Waals surface area contributed by atoms with Gasteiger partial charge in [-0.2, -0.15) is 0 Å². The fourth-order valence-corrected chi connectivity index (χ4v) is 2.51. The van der Waals surface area contributed by atoms with E-state index < -0.39 is 11.6 Å². The Morgan fingerprint density at radius 3 is 2.59 bits per heavy atom. The third-order valence-corrected chi connectivity index (χ3v) is 3.89. The van der Waals surface area contributed by atoms with Crippen LogP contribution < -0.4 is 15.7 Å². The van der Waals surface area contributed by atoms with Crippen LogP contribution in [-0.4, -0.2) is 25.6 Å². The Morgan fingerprint density at radius 1 is 1.07 bits per heavy atom. The van der Waals surface area contributed by atoms with Gasteiger partial charge in [-0.1, -0.05) is 0 Å². The quantitative estimate of drug-likeness (QED) is 0.550. The van der Waals surface area contributed by atoms with E-state index in [1.165, 1.54) is 13.2 Å². The van der Waals surface area contributed by atoms with E-state index in [0.29, 0.717) is 22.6 Å². The summed E-state index contributed by atoms with van der Waals surface area (Å²) in [5.41, 5.74) is 1.62. The Labute approximate surface area is 154 Å². The molecule has 0 aliphatic rings. The minimum Gasteiger partial charge on any atom is -0.484 e. The number of hydrogen-bond donors (Lipinski definition) is 1. The van der Waals surface area contributed by atoms with E-state index >= 15 is 0 Å². The van der Waals surface area contributed by atoms with Crippen molar-refractivity contribution in [1.29, 1.82) is 0 Å². The minimum atomic E-state index is -0.455. The lowest BCUT2D eigenvalue weighted by atomic mass is 10.1. The average Bonchev–Trinajstić information content (AvgIpc) is 2.66. The van der Waals surface area contributed by atoms with E-state index in [4.69, 9.17) is 9.15 Å². The molecular weight excluding hydrogens is 350 g/mol. The summed E-state index contributed by atoms with van der Waals surface area (Å²) in [7, 11) is 1.31. The number of amides is 1. The summed E-state index contributed by atoms with van der Waals surface area (Å²) >= 11 is 0. The normalized spacial score (nSPS) is 10.4. The van der Waals surface area contributed by atoms with E-state index in [9.17, 15) is 14.4 Å². The first-order valence-corrected chi connectivity index (χ1v) is 8.12. The number of methoxy groups -OCH3 is 1. The summed E-state index contributed by atoms with van der Waals surface area (Å²) in [5, 5.41) is 3.48. The lowest BCUT2D eigenvalue weighted by Crippen LogP contribution is -2.20. The zero-order chi connectivity index (χ0) is 19.4. The van der Waals surface area contributed by atoms with Crippen LogP contribution in [0.2, 0.25) is 0 Å². The van der Waals surface area contributed by atoms with Gasteiger partial charge in [0.15, 0.2) is 6.61 Å². The summed E-state index contributed by atoms with van der Waals surface area (Å²) in [4.78, 5) is 34.9. The highest BCUT2D eigenvalue weighted by Crippen LogP contribution is 2.20. The maximum Gasteiger partial charge on any atom is 0.337 e. The van der Waals surface area contributed by atoms with Gasteiger partial charge in [-0.15, -0.1) is 0 Å². The van der Waals surface area contributed by atoms with Gasteiger partial charge < -0.3 is 19.2 Å². The molecule has 3 rings (SSSR count). The lowest BCUT2D eigenvalue weighted by molar-refractivity contribution is -0.118. The van der Waals surface area contributed by atoms with Crippen molar-refractivity contribution >= 4 is 28.5 Å². The van der Waals surface area contributed by atoms with Crippen molar-refractivity contribution in [2.45, 2.75) is 6.92 Å². The van der Waals surface area contributed by atoms with E-state index in [-0.39, 0.29) is 12.5 Å².